The molecule has 2 rings (SSSR count). The normalized spacial score (nSPS) is 18.9. The number of benzene rings is 1. The van der Waals surface area contributed by atoms with Crippen molar-refractivity contribution in [3.05, 3.63) is 30.1 Å². The van der Waals surface area contributed by atoms with Gasteiger partial charge in [0.1, 0.15) is 11.6 Å². The SMILES string of the molecule is Fc1ccc(OCC2(CS)CCOCC2)cc1. The highest BCUT2D eigenvalue weighted by Crippen LogP contribution is 2.32. The second-order valence-corrected chi connectivity index (χ2v) is 4.83. The van der Waals surface area contributed by atoms with Crippen molar-refractivity contribution in [2.45, 2.75) is 12.8 Å². The first kappa shape index (κ1) is 12.7. The van der Waals surface area contributed by atoms with Gasteiger partial charge in [-0.15, -0.1) is 0 Å². The van der Waals surface area contributed by atoms with Gasteiger partial charge in [0.15, 0.2) is 0 Å². The van der Waals surface area contributed by atoms with Crippen LogP contribution in [0.3, 0.4) is 0 Å². The monoisotopic (exact) mass is 256 g/mol. The lowest BCUT2D eigenvalue weighted by atomic mass is 9.83. The van der Waals surface area contributed by atoms with Gasteiger partial charge in [-0.05, 0) is 42.9 Å². The van der Waals surface area contributed by atoms with Gasteiger partial charge in [-0.2, -0.15) is 12.6 Å². The second kappa shape index (κ2) is 5.74. The van der Waals surface area contributed by atoms with E-state index < -0.39 is 0 Å². The summed E-state index contributed by atoms with van der Waals surface area (Å²) in [5.41, 5.74) is 0.0930. The summed E-state index contributed by atoms with van der Waals surface area (Å²) in [6.45, 7) is 2.16. The van der Waals surface area contributed by atoms with E-state index in [-0.39, 0.29) is 11.2 Å². The molecule has 0 amide bonds. The molecular weight excluding hydrogens is 239 g/mol. The molecule has 1 heterocycles. The van der Waals surface area contributed by atoms with Crippen LogP contribution in [0.4, 0.5) is 4.39 Å². The molecule has 1 saturated heterocycles. The number of hydrogen-bond donors (Lipinski definition) is 1. The average molecular weight is 256 g/mol. The van der Waals surface area contributed by atoms with Crippen LogP contribution in [0.5, 0.6) is 5.75 Å². The summed E-state index contributed by atoms with van der Waals surface area (Å²) in [5.74, 6) is 1.25. The first-order valence-corrected chi connectivity index (χ1v) is 6.44. The van der Waals surface area contributed by atoms with E-state index in [4.69, 9.17) is 9.47 Å². The summed E-state index contributed by atoms with van der Waals surface area (Å²) in [7, 11) is 0. The highest BCUT2D eigenvalue weighted by Gasteiger charge is 2.32. The Hall–Kier alpha value is -0.740. The largest absolute Gasteiger partial charge is 0.493 e. The van der Waals surface area contributed by atoms with Crippen molar-refractivity contribution in [2.75, 3.05) is 25.6 Å². The third-order valence-corrected chi connectivity index (χ3v) is 3.92. The van der Waals surface area contributed by atoms with Crippen LogP contribution in [-0.4, -0.2) is 25.6 Å². The molecule has 1 aromatic rings. The molecule has 94 valence electrons. The highest BCUT2D eigenvalue weighted by molar-refractivity contribution is 7.80. The molecule has 0 spiro atoms. The van der Waals surface area contributed by atoms with E-state index in [9.17, 15) is 4.39 Å². The van der Waals surface area contributed by atoms with E-state index >= 15 is 0 Å². The fraction of sp³-hybridized carbons (Fsp3) is 0.538. The molecular formula is C13H17FO2S. The van der Waals surface area contributed by atoms with E-state index in [0.717, 1.165) is 31.8 Å². The van der Waals surface area contributed by atoms with Crippen LogP contribution in [0, 0.1) is 11.2 Å². The van der Waals surface area contributed by atoms with E-state index in [0.29, 0.717) is 12.4 Å². The Labute approximate surface area is 107 Å². The van der Waals surface area contributed by atoms with E-state index in [1.807, 2.05) is 0 Å². The van der Waals surface area contributed by atoms with Gasteiger partial charge in [0.05, 0.1) is 6.61 Å². The molecule has 1 aromatic carbocycles. The molecule has 4 heteroatoms. The fourth-order valence-electron chi connectivity index (χ4n) is 1.92. The molecule has 0 atom stereocenters. The number of halogens is 1. The Balaban J connectivity index is 1.93. The standard InChI is InChI=1S/C13H17FO2S/c14-11-1-3-12(4-2-11)16-9-13(10-17)5-7-15-8-6-13/h1-4,17H,5-10H2. The van der Waals surface area contributed by atoms with Crippen molar-refractivity contribution in [1.82, 2.24) is 0 Å². The fourth-order valence-corrected chi connectivity index (χ4v) is 2.33. The first-order chi connectivity index (χ1) is 8.24. The predicted octanol–water partition coefficient (Wildman–Crippen LogP) is 2.93. The summed E-state index contributed by atoms with van der Waals surface area (Å²) in [5, 5.41) is 0. The number of thiol groups is 1. The lowest BCUT2D eigenvalue weighted by Gasteiger charge is -2.35. The molecule has 0 N–H and O–H groups in total. The van der Waals surface area contributed by atoms with Crippen LogP contribution in [0.1, 0.15) is 12.8 Å². The molecule has 0 radical (unpaired) electrons. The maximum Gasteiger partial charge on any atom is 0.123 e. The van der Waals surface area contributed by atoms with Crippen LogP contribution in [-0.2, 0) is 4.74 Å². The van der Waals surface area contributed by atoms with Crippen molar-refractivity contribution in [2.24, 2.45) is 5.41 Å². The lowest BCUT2D eigenvalue weighted by molar-refractivity contribution is 0.00310. The molecule has 1 fully saturated rings. The Bertz CT molecular complexity index is 347. The van der Waals surface area contributed by atoms with Crippen LogP contribution in [0.25, 0.3) is 0 Å². The quantitative estimate of drug-likeness (QED) is 0.835. The Kier molecular flexibility index (Phi) is 4.29. The van der Waals surface area contributed by atoms with E-state index in [1.54, 1.807) is 12.1 Å². The number of hydrogen-bond acceptors (Lipinski definition) is 3. The lowest BCUT2D eigenvalue weighted by Crippen LogP contribution is -2.36. The van der Waals surface area contributed by atoms with E-state index in [2.05, 4.69) is 12.6 Å². The van der Waals surface area contributed by atoms with Crippen LogP contribution >= 0.6 is 12.6 Å². The van der Waals surface area contributed by atoms with Gasteiger partial charge in [0.2, 0.25) is 0 Å². The summed E-state index contributed by atoms with van der Waals surface area (Å²) < 4.78 is 23.8. The van der Waals surface area contributed by atoms with Gasteiger partial charge in [-0.3, -0.25) is 0 Å². The predicted molar refractivity (Wildman–Crippen MR) is 68.2 cm³/mol. The Morgan fingerprint density at radius 1 is 1.24 bits per heavy atom. The van der Waals surface area contributed by atoms with Gasteiger partial charge < -0.3 is 9.47 Å². The molecule has 0 saturated carbocycles. The number of ether oxygens (including phenoxy) is 2. The van der Waals surface area contributed by atoms with Gasteiger partial charge in [0.25, 0.3) is 0 Å². The molecule has 0 bridgehead atoms. The van der Waals surface area contributed by atoms with Crippen LogP contribution < -0.4 is 4.74 Å². The zero-order valence-electron chi connectivity index (χ0n) is 9.69. The molecule has 0 unspecified atom stereocenters. The smallest absolute Gasteiger partial charge is 0.123 e. The third kappa shape index (κ3) is 3.36. The topological polar surface area (TPSA) is 18.5 Å². The van der Waals surface area contributed by atoms with Gasteiger partial charge in [0, 0.05) is 18.6 Å². The van der Waals surface area contributed by atoms with Gasteiger partial charge in [-0.1, -0.05) is 0 Å². The maximum atomic E-state index is 12.7. The van der Waals surface area contributed by atoms with Crippen molar-refractivity contribution in [1.29, 1.82) is 0 Å². The maximum absolute atomic E-state index is 12.7. The third-order valence-electron chi connectivity index (χ3n) is 3.25. The Morgan fingerprint density at radius 3 is 2.47 bits per heavy atom. The molecule has 0 aromatic heterocycles. The molecule has 17 heavy (non-hydrogen) atoms. The van der Waals surface area contributed by atoms with Crippen LogP contribution in [0.2, 0.25) is 0 Å². The van der Waals surface area contributed by atoms with Crippen molar-refractivity contribution in [3.8, 4) is 5.75 Å². The summed E-state index contributed by atoms with van der Waals surface area (Å²) in [4.78, 5) is 0. The van der Waals surface area contributed by atoms with Crippen molar-refractivity contribution < 1.29 is 13.9 Å². The summed E-state index contributed by atoms with van der Waals surface area (Å²) >= 11 is 4.42. The number of rotatable bonds is 4. The zero-order valence-corrected chi connectivity index (χ0v) is 10.6. The van der Waals surface area contributed by atoms with Crippen molar-refractivity contribution >= 4 is 12.6 Å². The minimum atomic E-state index is -0.243. The molecule has 1 aliphatic rings. The van der Waals surface area contributed by atoms with E-state index in [1.165, 1.54) is 12.1 Å². The first-order valence-electron chi connectivity index (χ1n) is 5.81. The molecule has 1 aliphatic heterocycles. The van der Waals surface area contributed by atoms with Crippen LogP contribution in [0.15, 0.2) is 24.3 Å². The molecule has 0 aliphatic carbocycles. The van der Waals surface area contributed by atoms with Gasteiger partial charge >= 0.3 is 0 Å². The minimum absolute atomic E-state index is 0.0930. The zero-order chi connectivity index (χ0) is 12.1. The summed E-state index contributed by atoms with van der Waals surface area (Å²) in [6.07, 6.45) is 1.94. The second-order valence-electron chi connectivity index (χ2n) is 4.51. The Morgan fingerprint density at radius 2 is 1.88 bits per heavy atom. The average Bonchev–Trinajstić information content (AvgIpc) is 2.39. The molecule has 2 nitrogen and oxygen atoms in total. The minimum Gasteiger partial charge on any atom is -0.493 e. The van der Waals surface area contributed by atoms with Crippen molar-refractivity contribution in [3.63, 3.8) is 0 Å². The highest BCUT2D eigenvalue weighted by atomic mass is 32.1. The summed E-state index contributed by atoms with van der Waals surface area (Å²) in [6, 6.07) is 6.13. The van der Waals surface area contributed by atoms with Gasteiger partial charge in [-0.25, -0.2) is 4.39 Å².